The van der Waals surface area contributed by atoms with Gasteiger partial charge < -0.3 is 0 Å². The van der Waals surface area contributed by atoms with Gasteiger partial charge in [-0.25, -0.2) is 22.0 Å². The Hall–Kier alpha value is 0.150. The molecule has 0 atom stereocenters. The molecule has 0 unspecified atom stereocenters. The van der Waals surface area contributed by atoms with E-state index >= 15 is 0 Å². The Morgan fingerprint density at radius 1 is 1.00 bits per heavy atom. The molecule has 0 radical (unpaired) electrons. The van der Waals surface area contributed by atoms with Crippen molar-refractivity contribution < 1.29 is 16.8 Å². The lowest BCUT2D eigenvalue weighted by Gasteiger charge is -1.96. The van der Waals surface area contributed by atoms with Crippen molar-refractivity contribution in [1.82, 2.24) is 0 Å². The number of nitrogens with two attached hydrogens (primary N) is 1. The quantitative estimate of drug-likeness (QED) is 0.519. The molecule has 0 aromatic rings. The second kappa shape index (κ2) is 4.40. The first-order valence-electron chi connectivity index (χ1n) is 3.13. The van der Waals surface area contributed by atoms with Crippen LogP contribution in [0.4, 0.5) is 0 Å². The molecule has 74 valence electrons. The molecule has 5 nitrogen and oxygen atoms in total. The van der Waals surface area contributed by atoms with E-state index in [9.17, 15) is 16.8 Å². The Balaban J connectivity index is 3.62. The fourth-order valence-electron chi connectivity index (χ4n) is 0.578. The zero-order chi connectivity index (χ0) is 9.83. The third-order valence-electron chi connectivity index (χ3n) is 1.07. The lowest BCUT2D eigenvalue weighted by molar-refractivity contribution is 0.591. The molecule has 0 saturated heterocycles. The van der Waals surface area contributed by atoms with Gasteiger partial charge in [-0.1, -0.05) is 0 Å². The molecule has 0 aromatic carbocycles. The van der Waals surface area contributed by atoms with Crippen LogP contribution in [0, 0.1) is 0 Å². The van der Waals surface area contributed by atoms with Crippen LogP contribution >= 0.6 is 10.7 Å². The maximum absolute atomic E-state index is 10.4. The van der Waals surface area contributed by atoms with Crippen molar-refractivity contribution in [2.24, 2.45) is 5.14 Å². The number of hydrogen-bond acceptors (Lipinski definition) is 4. The Labute approximate surface area is 76.4 Å². The highest BCUT2D eigenvalue weighted by Gasteiger charge is 2.06. The van der Waals surface area contributed by atoms with Crippen molar-refractivity contribution in [2.45, 2.75) is 12.8 Å². The molecule has 0 amide bonds. The predicted molar refractivity (Wildman–Crippen MR) is 46.8 cm³/mol. The molecule has 0 aliphatic rings. The summed E-state index contributed by atoms with van der Waals surface area (Å²) in [4.78, 5) is 0. The number of unbranched alkanes of at least 4 members (excludes halogenated alkanes) is 1. The molecule has 0 spiro atoms. The number of halogens is 1. The Morgan fingerprint density at radius 2 is 1.42 bits per heavy atom. The second-order valence-corrected chi connectivity index (χ2v) is 6.95. The van der Waals surface area contributed by atoms with E-state index in [1.54, 1.807) is 0 Å². The van der Waals surface area contributed by atoms with Gasteiger partial charge in [0, 0.05) is 10.7 Å². The first-order valence-corrected chi connectivity index (χ1v) is 7.33. The van der Waals surface area contributed by atoms with Gasteiger partial charge in [-0.3, -0.25) is 0 Å². The summed E-state index contributed by atoms with van der Waals surface area (Å²) in [6.07, 6.45) is 0.424. The fraction of sp³-hybridized carbons (Fsp3) is 1.00. The maximum atomic E-state index is 10.4. The molecule has 0 bridgehead atoms. The van der Waals surface area contributed by atoms with E-state index < -0.39 is 19.1 Å². The summed E-state index contributed by atoms with van der Waals surface area (Å²) < 4.78 is 41.4. The molecule has 8 heteroatoms. The van der Waals surface area contributed by atoms with E-state index in [1.165, 1.54) is 0 Å². The van der Waals surface area contributed by atoms with E-state index in [-0.39, 0.29) is 24.3 Å². The van der Waals surface area contributed by atoms with E-state index in [2.05, 4.69) is 5.14 Å². The summed E-state index contributed by atoms with van der Waals surface area (Å²) in [5.74, 6) is -0.427. The summed E-state index contributed by atoms with van der Waals surface area (Å²) in [5, 5.41) is 4.68. The average molecular weight is 236 g/mol. The minimum atomic E-state index is -3.51. The highest BCUT2D eigenvalue weighted by molar-refractivity contribution is 8.13. The molecule has 0 aromatic heterocycles. The molecule has 0 aliphatic heterocycles. The van der Waals surface area contributed by atoms with Crippen molar-refractivity contribution in [1.29, 1.82) is 0 Å². The summed E-state index contributed by atoms with van der Waals surface area (Å²) >= 11 is 0. The SMILES string of the molecule is NS(=O)(=O)CCCCS(=O)(=O)Cl. The third-order valence-corrected chi connectivity index (χ3v) is 3.16. The van der Waals surface area contributed by atoms with E-state index in [0.29, 0.717) is 0 Å². The van der Waals surface area contributed by atoms with Crippen molar-refractivity contribution in [2.75, 3.05) is 11.5 Å². The number of rotatable bonds is 5. The smallest absolute Gasteiger partial charge is 0.229 e. The van der Waals surface area contributed by atoms with Gasteiger partial charge in [0.15, 0.2) is 0 Å². The first-order chi connectivity index (χ1) is 5.21. The van der Waals surface area contributed by atoms with E-state index in [1.807, 2.05) is 0 Å². The van der Waals surface area contributed by atoms with Gasteiger partial charge in [-0.15, -0.1) is 0 Å². The standard InChI is InChI=1S/C4H10ClNO4S2/c5-11(7,8)3-1-2-4-12(6,9)10/h1-4H2,(H2,6,9,10). The van der Waals surface area contributed by atoms with Gasteiger partial charge in [0.05, 0.1) is 11.5 Å². The van der Waals surface area contributed by atoms with E-state index in [0.717, 1.165) is 0 Å². The number of primary sulfonamides is 1. The van der Waals surface area contributed by atoms with Gasteiger partial charge in [0.1, 0.15) is 0 Å². The molecule has 0 heterocycles. The largest absolute Gasteiger partial charge is 0.232 e. The summed E-state index contributed by atoms with van der Waals surface area (Å²) in [6.45, 7) is 0. The average Bonchev–Trinajstić information content (AvgIpc) is 1.76. The Kier molecular flexibility index (Phi) is 4.46. The van der Waals surface area contributed by atoms with Crippen LogP contribution in [0.2, 0.25) is 0 Å². The minimum absolute atomic E-state index is 0.209. The monoisotopic (exact) mass is 235 g/mol. The third kappa shape index (κ3) is 10.2. The van der Waals surface area contributed by atoms with Crippen LogP contribution in [0.25, 0.3) is 0 Å². The van der Waals surface area contributed by atoms with Crippen LogP contribution in [0.1, 0.15) is 12.8 Å². The maximum Gasteiger partial charge on any atom is 0.232 e. The highest BCUT2D eigenvalue weighted by atomic mass is 35.7. The van der Waals surface area contributed by atoms with Crippen LogP contribution in [-0.2, 0) is 19.1 Å². The lowest BCUT2D eigenvalue weighted by Crippen LogP contribution is -2.16. The highest BCUT2D eigenvalue weighted by Crippen LogP contribution is 2.01. The van der Waals surface area contributed by atoms with Gasteiger partial charge in [-0.05, 0) is 12.8 Å². The topological polar surface area (TPSA) is 94.3 Å². The Morgan fingerprint density at radius 3 is 1.75 bits per heavy atom. The molecule has 0 rings (SSSR count). The number of sulfonamides is 1. The summed E-state index contributed by atoms with van der Waals surface area (Å²) in [7, 11) is -2.11. The molecule has 0 saturated carbocycles. The number of hydrogen-bond donors (Lipinski definition) is 1. The van der Waals surface area contributed by atoms with Crippen molar-refractivity contribution >= 4 is 29.8 Å². The van der Waals surface area contributed by atoms with Crippen LogP contribution < -0.4 is 5.14 Å². The van der Waals surface area contributed by atoms with Gasteiger partial charge in [0.25, 0.3) is 0 Å². The first kappa shape index (κ1) is 12.2. The summed E-state index contributed by atoms with van der Waals surface area (Å²) in [5.41, 5.74) is 0. The second-order valence-electron chi connectivity index (χ2n) is 2.32. The van der Waals surface area contributed by atoms with Crippen molar-refractivity contribution in [3.63, 3.8) is 0 Å². The molecule has 0 aliphatic carbocycles. The van der Waals surface area contributed by atoms with Crippen LogP contribution in [0.15, 0.2) is 0 Å². The lowest BCUT2D eigenvalue weighted by atomic mass is 10.4. The molecular weight excluding hydrogens is 226 g/mol. The van der Waals surface area contributed by atoms with E-state index in [4.69, 9.17) is 10.7 Å². The minimum Gasteiger partial charge on any atom is -0.229 e. The zero-order valence-corrected chi connectivity index (χ0v) is 8.62. The van der Waals surface area contributed by atoms with Crippen LogP contribution in [-0.4, -0.2) is 28.3 Å². The molecule has 0 fully saturated rings. The molecular formula is C4H10ClNO4S2. The van der Waals surface area contributed by atoms with Crippen molar-refractivity contribution in [3.8, 4) is 0 Å². The van der Waals surface area contributed by atoms with Gasteiger partial charge >= 0.3 is 0 Å². The predicted octanol–water partition coefficient (Wildman–Crippen LogP) is -0.376. The zero-order valence-electron chi connectivity index (χ0n) is 6.23. The van der Waals surface area contributed by atoms with Gasteiger partial charge in [-0.2, -0.15) is 0 Å². The summed E-state index contributed by atoms with van der Waals surface area (Å²) in [6, 6.07) is 0. The normalized spacial score (nSPS) is 13.2. The molecule has 2 N–H and O–H groups in total. The fourth-order valence-corrected chi connectivity index (χ4v) is 2.06. The van der Waals surface area contributed by atoms with Crippen LogP contribution in [0.3, 0.4) is 0 Å². The molecule has 12 heavy (non-hydrogen) atoms. The van der Waals surface area contributed by atoms with Crippen molar-refractivity contribution in [3.05, 3.63) is 0 Å². The van der Waals surface area contributed by atoms with Crippen LogP contribution in [0.5, 0.6) is 0 Å². The Bertz CT molecular complexity index is 285. The van der Waals surface area contributed by atoms with Gasteiger partial charge in [0.2, 0.25) is 19.1 Å².